The van der Waals surface area contributed by atoms with E-state index >= 15 is 0 Å². The van der Waals surface area contributed by atoms with E-state index in [1.807, 2.05) is 18.2 Å². The molecule has 1 atom stereocenters. The number of hydrogen-bond donors (Lipinski definition) is 1. The average Bonchev–Trinajstić information content (AvgIpc) is 3.55. The molecule has 174 valence electrons. The van der Waals surface area contributed by atoms with Gasteiger partial charge in [-0.1, -0.05) is 24.3 Å². The summed E-state index contributed by atoms with van der Waals surface area (Å²) in [5, 5.41) is 2.97. The highest BCUT2D eigenvalue weighted by Gasteiger charge is 2.27. The molecule has 1 amide bonds. The zero-order valence-electron chi connectivity index (χ0n) is 18.7. The van der Waals surface area contributed by atoms with Gasteiger partial charge in [-0.25, -0.2) is 8.42 Å². The monoisotopic (exact) mass is 467 g/mol. The molecule has 2 heterocycles. The first-order valence-electron chi connectivity index (χ1n) is 11.2. The molecule has 1 aromatic heterocycles. The number of amides is 1. The number of hydrogen-bond acceptors (Lipinski definition) is 5. The minimum absolute atomic E-state index is 0.0490. The van der Waals surface area contributed by atoms with E-state index < -0.39 is 10.0 Å². The molecule has 8 heteroatoms. The first kappa shape index (κ1) is 23.1. The van der Waals surface area contributed by atoms with Gasteiger partial charge in [0.05, 0.1) is 22.9 Å². The third-order valence-electron chi connectivity index (χ3n) is 5.92. The molecule has 1 unspecified atom stereocenters. The predicted octanol–water partition coefficient (Wildman–Crippen LogP) is 4.06. The van der Waals surface area contributed by atoms with Gasteiger partial charge >= 0.3 is 0 Å². The standard InChI is InChI=1S/C25H29N3O4S/c1-2-28(21-11-4-3-5-12-21)33(30,31)22-13-8-10-20(18-22)25(29)26-19-23(24-14-9-17-32-24)27-15-6-7-16-27/h3-5,8-14,17-18,23H,2,6-7,15-16,19H2,1H3,(H,26,29). The summed E-state index contributed by atoms with van der Waals surface area (Å²) in [6.45, 7) is 4.37. The van der Waals surface area contributed by atoms with E-state index in [4.69, 9.17) is 4.42 Å². The zero-order valence-corrected chi connectivity index (χ0v) is 19.5. The van der Waals surface area contributed by atoms with E-state index in [2.05, 4.69) is 10.2 Å². The summed E-state index contributed by atoms with van der Waals surface area (Å²) in [5.41, 5.74) is 0.890. The van der Waals surface area contributed by atoms with Crippen molar-refractivity contribution in [3.05, 3.63) is 84.3 Å². The van der Waals surface area contributed by atoms with Crippen LogP contribution in [0.15, 0.2) is 82.3 Å². The lowest BCUT2D eigenvalue weighted by Crippen LogP contribution is -2.36. The van der Waals surface area contributed by atoms with E-state index in [0.717, 1.165) is 31.7 Å². The molecule has 4 rings (SSSR count). The van der Waals surface area contributed by atoms with E-state index in [0.29, 0.717) is 17.8 Å². The van der Waals surface area contributed by atoms with Gasteiger partial charge in [-0.15, -0.1) is 0 Å². The number of carbonyl (C=O) groups is 1. The van der Waals surface area contributed by atoms with Crippen molar-refractivity contribution >= 4 is 21.6 Å². The lowest BCUT2D eigenvalue weighted by atomic mass is 10.1. The van der Waals surface area contributed by atoms with Gasteiger partial charge in [0.15, 0.2) is 0 Å². The predicted molar refractivity (Wildman–Crippen MR) is 128 cm³/mol. The Morgan fingerprint density at radius 2 is 1.82 bits per heavy atom. The van der Waals surface area contributed by atoms with Crippen molar-refractivity contribution < 1.29 is 17.6 Å². The van der Waals surface area contributed by atoms with Crippen LogP contribution < -0.4 is 9.62 Å². The smallest absolute Gasteiger partial charge is 0.264 e. The van der Waals surface area contributed by atoms with Crippen molar-refractivity contribution in [1.29, 1.82) is 0 Å². The molecule has 33 heavy (non-hydrogen) atoms. The fourth-order valence-electron chi connectivity index (χ4n) is 4.25. The van der Waals surface area contributed by atoms with Crippen LogP contribution in [0.25, 0.3) is 0 Å². The second kappa shape index (κ2) is 10.2. The number of nitrogens with one attached hydrogen (secondary N) is 1. The van der Waals surface area contributed by atoms with Crippen LogP contribution in [0.3, 0.4) is 0 Å². The van der Waals surface area contributed by atoms with Gasteiger partial charge in [0.25, 0.3) is 15.9 Å². The maximum absolute atomic E-state index is 13.3. The lowest BCUT2D eigenvalue weighted by molar-refractivity contribution is 0.0933. The van der Waals surface area contributed by atoms with E-state index in [9.17, 15) is 13.2 Å². The number of anilines is 1. The van der Waals surface area contributed by atoms with Crippen molar-refractivity contribution in [2.45, 2.75) is 30.7 Å². The molecular formula is C25H29N3O4S. The van der Waals surface area contributed by atoms with E-state index in [1.165, 1.54) is 16.4 Å². The molecule has 1 N–H and O–H groups in total. The molecule has 7 nitrogen and oxygen atoms in total. The molecule has 0 saturated carbocycles. The number of nitrogens with zero attached hydrogens (tertiary/aromatic N) is 2. The van der Waals surface area contributed by atoms with Crippen molar-refractivity contribution in [3.8, 4) is 0 Å². The summed E-state index contributed by atoms with van der Waals surface area (Å²) in [6, 6.07) is 18.9. The van der Waals surface area contributed by atoms with Gasteiger partial charge in [-0.2, -0.15) is 0 Å². The van der Waals surface area contributed by atoms with Gasteiger partial charge in [-0.05, 0) is 75.3 Å². The maximum Gasteiger partial charge on any atom is 0.264 e. The first-order valence-corrected chi connectivity index (χ1v) is 12.7. The average molecular weight is 468 g/mol. The normalized spacial score (nSPS) is 15.3. The minimum Gasteiger partial charge on any atom is -0.468 e. The van der Waals surface area contributed by atoms with Gasteiger partial charge < -0.3 is 9.73 Å². The van der Waals surface area contributed by atoms with Crippen molar-refractivity contribution in [2.24, 2.45) is 0 Å². The maximum atomic E-state index is 13.3. The molecule has 1 saturated heterocycles. The molecule has 0 bridgehead atoms. The molecule has 0 spiro atoms. The Bertz CT molecular complexity index is 1160. The quantitative estimate of drug-likeness (QED) is 0.513. The summed E-state index contributed by atoms with van der Waals surface area (Å²) in [6.07, 6.45) is 3.89. The van der Waals surface area contributed by atoms with Crippen LogP contribution in [0.5, 0.6) is 0 Å². The molecular weight excluding hydrogens is 438 g/mol. The van der Waals surface area contributed by atoms with Crippen molar-refractivity contribution in [1.82, 2.24) is 10.2 Å². The van der Waals surface area contributed by atoms with Crippen LogP contribution >= 0.6 is 0 Å². The van der Waals surface area contributed by atoms with E-state index in [1.54, 1.807) is 49.6 Å². The van der Waals surface area contributed by atoms with Crippen LogP contribution in [0, 0.1) is 0 Å². The SMILES string of the molecule is CCN(c1ccccc1)S(=O)(=O)c1cccc(C(=O)NCC(c2ccco2)N2CCCC2)c1. The number of rotatable bonds is 9. The van der Waals surface area contributed by atoms with Crippen LogP contribution in [0.2, 0.25) is 0 Å². The number of sulfonamides is 1. The highest BCUT2D eigenvalue weighted by molar-refractivity contribution is 7.92. The van der Waals surface area contributed by atoms with Crippen LogP contribution in [-0.4, -0.2) is 45.4 Å². The topological polar surface area (TPSA) is 82.9 Å². The van der Waals surface area contributed by atoms with Gasteiger partial charge in [0.1, 0.15) is 5.76 Å². The Morgan fingerprint density at radius 1 is 1.06 bits per heavy atom. The molecule has 0 aliphatic carbocycles. The van der Waals surface area contributed by atoms with Crippen LogP contribution in [0.1, 0.15) is 41.9 Å². The number of furan rings is 1. The Labute approximate surface area is 195 Å². The van der Waals surface area contributed by atoms with Crippen molar-refractivity contribution in [3.63, 3.8) is 0 Å². The van der Waals surface area contributed by atoms with Crippen LogP contribution in [-0.2, 0) is 10.0 Å². The Morgan fingerprint density at radius 3 is 2.48 bits per heavy atom. The molecule has 2 aromatic carbocycles. The summed E-state index contributed by atoms with van der Waals surface area (Å²) >= 11 is 0. The fourth-order valence-corrected chi connectivity index (χ4v) is 5.77. The fraction of sp³-hybridized carbons (Fsp3) is 0.320. The second-order valence-corrected chi connectivity index (χ2v) is 9.88. The summed E-state index contributed by atoms with van der Waals surface area (Å²) in [7, 11) is -3.81. The zero-order chi connectivity index (χ0) is 23.3. The van der Waals surface area contributed by atoms with Crippen molar-refractivity contribution in [2.75, 3.05) is 30.5 Å². The number of likely N-dealkylation sites (tertiary alicyclic amines) is 1. The van der Waals surface area contributed by atoms with Gasteiger partial charge in [0, 0.05) is 18.7 Å². The minimum atomic E-state index is -3.81. The third-order valence-corrected chi connectivity index (χ3v) is 7.82. The van der Waals surface area contributed by atoms with Crippen LogP contribution in [0.4, 0.5) is 5.69 Å². The highest BCUT2D eigenvalue weighted by Crippen LogP contribution is 2.26. The molecule has 1 fully saturated rings. The first-order chi connectivity index (χ1) is 16.0. The summed E-state index contributed by atoms with van der Waals surface area (Å²) in [5.74, 6) is 0.500. The summed E-state index contributed by atoms with van der Waals surface area (Å²) < 4.78 is 33.6. The summed E-state index contributed by atoms with van der Waals surface area (Å²) in [4.78, 5) is 15.3. The molecule has 1 aliphatic heterocycles. The Balaban J connectivity index is 1.51. The second-order valence-electron chi connectivity index (χ2n) is 8.02. The molecule has 3 aromatic rings. The molecule has 1 aliphatic rings. The number of benzene rings is 2. The molecule has 0 radical (unpaired) electrons. The van der Waals surface area contributed by atoms with Gasteiger partial charge in [-0.3, -0.25) is 14.0 Å². The largest absolute Gasteiger partial charge is 0.468 e. The lowest BCUT2D eigenvalue weighted by Gasteiger charge is -2.26. The third kappa shape index (κ3) is 5.12. The Hall–Kier alpha value is -3.10. The van der Waals surface area contributed by atoms with E-state index in [-0.39, 0.29) is 23.4 Å². The highest BCUT2D eigenvalue weighted by atomic mass is 32.2. The Kier molecular flexibility index (Phi) is 7.15. The number of carbonyl (C=O) groups excluding carboxylic acids is 1. The number of para-hydroxylation sites is 1. The van der Waals surface area contributed by atoms with Gasteiger partial charge in [0.2, 0.25) is 0 Å².